The van der Waals surface area contributed by atoms with Crippen LogP contribution in [0.2, 0.25) is 0 Å². The highest BCUT2D eigenvalue weighted by atomic mass is 79.9. The van der Waals surface area contributed by atoms with Crippen LogP contribution >= 0.6 is 15.9 Å². The second kappa shape index (κ2) is 5.52. The predicted octanol–water partition coefficient (Wildman–Crippen LogP) is 1.59. The summed E-state index contributed by atoms with van der Waals surface area (Å²) in [5, 5.41) is 9.23. The monoisotopic (exact) mass is 325 g/mol. The highest BCUT2D eigenvalue weighted by molar-refractivity contribution is 9.10. The average molecular weight is 326 g/mol. The van der Waals surface area contributed by atoms with Gasteiger partial charge in [0.15, 0.2) is 0 Å². The summed E-state index contributed by atoms with van der Waals surface area (Å²) in [4.78, 5) is 35.4. The van der Waals surface area contributed by atoms with E-state index in [9.17, 15) is 19.5 Å². The Hall–Kier alpha value is -1.69. The van der Waals surface area contributed by atoms with Crippen molar-refractivity contribution in [2.24, 2.45) is 0 Å². The summed E-state index contributed by atoms with van der Waals surface area (Å²) in [6, 6.07) is 6.00. The second-order valence-corrected chi connectivity index (χ2v) is 5.26. The van der Waals surface area contributed by atoms with Gasteiger partial charge < -0.3 is 5.11 Å². The summed E-state index contributed by atoms with van der Waals surface area (Å²) in [5.41, 5.74) is 0.767. The molecule has 1 aliphatic rings. The van der Waals surface area contributed by atoms with Gasteiger partial charge in [-0.05, 0) is 17.7 Å². The number of carbonyl (C=O) groups excluding carboxylic acids is 2. The maximum absolute atomic E-state index is 11.6. The van der Waals surface area contributed by atoms with E-state index in [1.807, 2.05) is 0 Å². The molecule has 6 heteroatoms. The molecule has 2 rings (SSSR count). The number of benzene rings is 1. The Morgan fingerprint density at radius 2 is 1.74 bits per heavy atom. The molecule has 1 aliphatic heterocycles. The lowest BCUT2D eigenvalue weighted by Gasteiger charge is -2.22. The molecule has 0 spiro atoms. The molecule has 1 unspecified atom stereocenters. The van der Waals surface area contributed by atoms with E-state index in [1.54, 1.807) is 24.3 Å². The summed E-state index contributed by atoms with van der Waals surface area (Å²) in [6.45, 7) is 0. The number of imide groups is 1. The minimum atomic E-state index is -1.16. The summed E-state index contributed by atoms with van der Waals surface area (Å²) in [5.74, 6) is -1.98. The zero-order valence-electron chi connectivity index (χ0n) is 10.0. The molecule has 0 bridgehead atoms. The Morgan fingerprint density at radius 3 is 2.21 bits per heavy atom. The van der Waals surface area contributed by atoms with Crippen molar-refractivity contribution < 1.29 is 19.5 Å². The third-order valence-electron chi connectivity index (χ3n) is 3.03. The number of likely N-dealkylation sites (tertiary alicyclic amines) is 1. The molecule has 1 N–H and O–H groups in total. The number of rotatable bonds is 4. The third-order valence-corrected chi connectivity index (χ3v) is 3.56. The van der Waals surface area contributed by atoms with Crippen molar-refractivity contribution in [2.45, 2.75) is 25.3 Å². The van der Waals surface area contributed by atoms with Gasteiger partial charge in [0.25, 0.3) is 0 Å². The van der Waals surface area contributed by atoms with Gasteiger partial charge in [0.1, 0.15) is 6.04 Å². The number of halogens is 1. The molecule has 1 atom stereocenters. The fraction of sp³-hybridized carbons (Fsp3) is 0.308. The topological polar surface area (TPSA) is 74.7 Å². The summed E-state index contributed by atoms with van der Waals surface area (Å²) in [6.07, 6.45) is 0.325. The number of amides is 2. The summed E-state index contributed by atoms with van der Waals surface area (Å²) in [7, 11) is 0. The van der Waals surface area contributed by atoms with Crippen molar-refractivity contribution >= 4 is 33.7 Å². The molecular formula is C13H12BrNO4. The Bertz CT molecular complexity index is 510. The van der Waals surface area contributed by atoms with E-state index in [-0.39, 0.29) is 19.3 Å². The molecule has 1 fully saturated rings. The van der Waals surface area contributed by atoms with Crippen LogP contribution in [0.25, 0.3) is 0 Å². The number of carboxylic acids is 1. The molecule has 1 aromatic carbocycles. The van der Waals surface area contributed by atoms with Crippen molar-refractivity contribution in [2.75, 3.05) is 0 Å². The Labute approximate surface area is 118 Å². The van der Waals surface area contributed by atoms with Crippen molar-refractivity contribution in [3.63, 3.8) is 0 Å². The normalized spacial score (nSPS) is 16.8. The highest BCUT2D eigenvalue weighted by Crippen LogP contribution is 2.20. The smallest absolute Gasteiger partial charge is 0.327 e. The van der Waals surface area contributed by atoms with E-state index in [0.717, 1.165) is 14.9 Å². The van der Waals surface area contributed by atoms with E-state index >= 15 is 0 Å². The lowest BCUT2D eigenvalue weighted by Crippen LogP contribution is -2.45. The van der Waals surface area contributed by atoms with Crippen LogP contribution in [0.4, 0.5) is 0 Å². The van der Waals surface area contributed by atoms with Gasteiger partial charge in [-0.2, -0.15) is 0 Å². The molecule has 0 radical (unpaired) electrons. The number of nitrogens with zero attached hydrogens (tertiary/aromatic N) is 1. The first-order chi connectivity index (χ1) is 8.99. The molecule has 5 nitrogen and oxygen atoms in total. The fourth-order valence-corrected chi connectivity index (χ4v) is 2.34. The van der Waals surface area contributed by atoms with Gasteiger partial charge >= 0.3 is 5.97 Å². The number of hydrogen-bond acceptors (Lipinski definition) is 3. The van der Waals surface area contributed by atoms with Crippen molar-refractivity contribution in [1.29, 1.82) is 0 Å². The number of carboxylic acid groups (broad SMARTS) is 1. The van der Waals surface area contributed by atoms with Gasteiger partial charge in [-0.15, -0.1) is 0 Å². The van der Waals surface area contributed by atoms with E-state index in [2.05, 4.69) is 15.9 Å². The first-order valence-electron chi connectivity index (χ1n) is 5.81. The van der Waals surface area contributed by atoms with Crippen LogP contribution in [0, 0.1) is 0 Å². The Balaban J connectivity index is 2.21. The number of carbonyl (C=O) groups is 3. The van der Waals surface area contributed by atoms with Crippen LogP contribution < -0.4 is 0 Å². The SMILES string of the molecule is O=C(O)C(Cc1ccc(Br)cc1)N1C(=O)CCC1=O. The molecule has 0 aliphatic carbocycles. The molecule has 1 heterocycles. The Kier molecular flexibility index (Phi) is 3.99. The van der Waals surface area contributed by atoms with Gasteiger partial charge in [-0.3, -0.25) is 14.5 Å². The van der Waals surface area contributed by atoms with Crippen molar-refractivity contribution in [3.05, 3.63) is 34.3 Å². The maximum atomic E-state index is 11.6. The molecule has 1 saturated heterocycles. The zero-order chi connectivity index (χ0) is 14.0. The average Bonchev–Trinajstić information content (AvgIpc) is 2.68. The molecule has 1 aromatic rings. The lowest BCUT2D eigenvalue weighted by atomic mass is 10.0. The first kappa shape index (κ1) is 13.7. The van der Waals surface area contributed by atoms with E-state index in [1.165, 1.54) is 0 Å². The molecule has 0 aromatic heterocycles. The second-order valence-electron chi connectivity index (χ2n) is 4.34. The van der Waals surface area contributed by atoms with Crippen molar-refractivity contribution in [1.82, 2.24) is 4.90 Å². The largest absolute Gasteiger partial charge is 0.480 e. The quantitative estimate of drug-likeness (QED) is 0.853. The standard InChI is InChI=1S/C13H12BrNO4/c14-9-3-1-8(2-4-9)7-10(13(18)19)15-11(16)5-6-12(15)17/h1-4,10H,5-7H2,(H,18,19). The van der Waals surface area contributed by atoms with Gasteiger partial charge in [0, 0.05) is 23.7 Å². The fourth-order valence-electron chi connectivity index (χ4n) is 2.07. The Morgan fingerprint density at radius 1 is 1.21 bits per heavy atom. The number of aliphatic carboxylic acids is 1. The van der Waals surface area contributed by atoms with Gasteiger partial charge in [-0.25, -0.2) is 4.79 Å². The minimum Gasteiger partial charge on any atom is -0.480 e. The summed E-state index contributed by atoms with van der Waals surface area (Å²) >= 11 is 3.29. The van der Waals surface area contributed by atoms with E-state index in [0.29, 0.717) is 0 Å². The molecule has 0 saturated carbocycles. The molecule has 2 amide bonds. The van der Waals surface area contributed by atoms with Gasteiger partial charge in [0.2, 0.25) is 11.8 Å². The van der Waals surface area contributed by atoms with Crippen molar-refractivity contribution in [3.8, 4) is 0 Å². The molecular weight excluding hydrogens is 314 g/mol. The number of hydrogen-bond donors (Lipinski definition) is 1. The van der Waals surface area contributed by atoms with Crippen LogP contribution in [-0.4, -0.2) is 33.8 Å². The molecule has 19 heavy (non-hydrogen) atoms. The first-order valence-corrected chi connectivity index (χ1v) is 6.60. The zero-order valence-corrected chi connectivity index (χ0v) is 11.6. The van der Waals surface area contributed by atoms with Gasteiger partial charge in [0.05, 0.1) is 0 Å². The summed E-state index contributed by atoms with van der Waals surface area (Å²) < 4.78 is 0.886. The van der Waals surface area contributed by atoms with Crippen LogP contribution in [0.5, 0.6) is 0 Å². The predicted molar refractivity (Wildman–Crippen MR) is 70.4 cm³/mol. The van der Waals surface area contributed by atoms with Crippen LogP contribution in [0.15, 0.2) is 28.7 Å². The maximum Gasteiger partial charge on any atom is 0.327 e. The van der Waals surface area contributed by atoms with E-state index < -0.39 is 23.8 Å². The van der Waals surface area contributed by atoms with Crippen LogP contribution in [0.3, 0.4) is 0 Å². The highest BCUT2D eigenvalue weighted by Gasteiger charge is 2.38. The van der Waals surface area contributed by atoms with E-state index in [4.69, 9.17) is 0 Å². The third kappa shape index (κ3) is 3.01. The van der Waals surface area contributed by atoms with Crippen LogP contribution in [-0.2, 0) is 20.8 Å². The molecule has 100 valence electrons. The van der Waals surface area contributed by atoms with Gasteiger partial charge in [-0.1, -0.05) is 28.1 Å². The minimum absolute atomic E-state index is 0.100. The van der Waals surface area contributed by atoms with Crippen LogP contribution in [0.1, 0.15) is 18.4 Å². The lowest BCUT2D eigenvalue weighted by molar-refractivity contribution is -0.154.